The highest BCUT2D eigenvalue weighted by molar-refractivity contribution is 6.39. The lowest BCUT2D eigenvalue weighted by Crippen LogP contribution is -2.41. The van der Waals surface area contributed by atoms with E-state index in [0.29, 0.717) is 52.8 Å². The Bertz CT molecular complexity index is 1640. The van der Waals surface area contributed by atoms with Crippen LogP contribution in [0, 0.1) is 11.7 Å². The zero-order chi connectivity index (χ0) is 31.1. The van der Waals surface area contributed by atoms with Gasteiger partial charge < -0.3 is 34.9 Å². The number of aromatic nitrogens is 1. The minimum atomic E-state index is -1.15. The van der Waals surface area contributed by atoms with Gasteiger partial charge in [-0.1, -0.05) is 12.1 Å². The Morgan fingerprint density at radius 2 is 1.80 bits per heavy atom. The molecule has 2 heterocycles. The van der Waals surface area contributed by atoms with E-state index in [1.54, 1.807) is 44.7 Å². The summed E-state index contributed by atoms with van der Waals surface area (Å²) in [7, 11) is 3.11. The molecule has 1 aliphatic heterocycles. The highest BCUT2D eigenvalue weighted by Gasteiger charge is 2.23. The number of nitrogens with two attached hydrogens (primary N) is 1. The van der Waals surface area contributed by atoms with Crippen LogP contribution < -0.4 is 34.9 Å². The molecule has 11 heteroatoms. The second-order valence-corrected chi connectivity index (χ2v) is 10.5. The molecule has 4 aromatic rings. The molecule has 0 aliphatic carbocycles. The molecule has 1 aromatic heterocycles. The standard InChI is InChI=1S/C33H35FN4O6/c1-41-24-5-3-4-21(16-24)11-15-38(33(40)32(35)39)23-6-7-29(26(34)17-23)44-28-10-14-37-27-19-31(30(42-2)18-25(27)28)43-20-22-8-12-36-13-9-22/h3-7,10,14,16-19,22,36H,8-9,11-13,15,20H2,1-2H3,(H2,35,39). The molecule has 3 N–H and O–H groups in total. The molecule has 0 unspecified atom stereocenters. The topological polar surface area (TPSA) is 125 Å². The van der Waals surface area contributed by atoms with Gasteiger partial charge in [0.1, 0.15) is 11.5 Å². The monoisotopic (exact) mass is 602 g/mol. The van der Waals surface area contributed by atoms with Crippen molar-refractivity contribution < 1.29 is 32.9 Å². The number of primary amides is 1. The Balaban J connectivity index is 1.36. The van der Waals surface area contributed by atoms with E-state index in [0.717, 1.165) is 42.5 Å². The number of hydrogen-bond donors (Lipinski definition) is 2. The highest BCUT2D eigenvalue weighted by Crippen LogP contribution is 2.38. The maximum atomic E-state index is 15.4. The van der Waals surface area contributed by atoms with E-state index < -0.39 is 17.6 Å². The third-order valence-electron chi connectivity index (χ3n) is 7.58. The van der Waals surface area contributed by atoms with Crippen molar-refractivity contribution in [1.29, 1.82) is 0 Å². The molecule has 0 radical (unpaired) electrons. The van der Waals surface area contributed by atoms with Crippen molar-refractivity contribution in [2.75, 3.05) is 45.4 Å². The molecule has 1 fully saturated rings. The average Bonchev–Trinajstić information content (AvgIpc) is 3.05. The van der Waals surface area contributed by atoms with Gasteiger partial charge in [0.25, 0.3) is 0 Å². The molecule has 230 valence electrons. The number of fused-ring (bicyclic) bond motifs is 1. The summed E-state index contributed by atoms with van der Waals surface area (Å²) >= 11 is 0. The summed E-state index contributed by atoms with van der Waals surface area (Å²) < 4.78 is 38.4. The lowest BCUT2D eigenvalue weighted by atomic mass is 9.99. The second kappa shape index (κ2) is 14.0. The summed E-state index contributed by atoms with van der Waals surface area (Å²) in [5.74, 6) is -0.349. The van der Waals surface area contributed by atoms with Crippen molar-refractivity contribution in [1.82, 2.24) is 10.3 Å². The zero-order valence-electron chi connectivity index (χ0n) is 24.7. The molecule has 0 spiro atoms. The van der Waals surface area contributed by atoms with E-state index in [4.69, 9.17) is 24.7 Å². The summed E-state index contributed by atoms with van der Waals surface area (Å²) in [6.07, 6.45) is 4.05. The summed E-state index contributed by atoms with van der Waals surface area (Å²) in [6.45, 7) is 2.62. The number of rotatable bonds is 11. The van der Waals surface area contributed by atoms with Crippen LogP contribution in [-0.4, -0.2) is 57.3 Å². The first-order valence-corrected chi connectivity index (χ1v) is 14.4. The van der Waals surface area contributed by atoms with Gasteiger partial charge in [0.15, 0.2) is 23.1 Å². The summed E-state index contributed by atoms with van der Waals surface area (Å²) in [5, 5.41) is 3.95. The van der Waals surface area contributed by atoms with Gasteiger partial charge in [-0.3, -0.25) is 14.6 Å². The molecular formula is C33H35FN4O6. The largest absolute Gasteiger partial charge is 0.497 e. The Labute approximate surface area is 254 Å². The maximum absolute atomic E-state index is 15.4. The van der Waals surface area contributed by atoms with Gasteiger partial charge in [-0.15, -0.1) is 0 Å². The lowest BCUT2D eigenvalue weighted by Gasteiger charge is -2.23. The van der Waals surface area contributed by atoms with Gasteiger partial charge in [-0.25, -0.2) is 4.39 Å². The molecule has 1 saturated heterocycles. The first-order chi connectivity index (χ1) is 21.4. The number of carbonyl (C=O) groups is 2. The minimum Gasteiger partial charge on any atom is -0.497 e. The molecule has 0 bridgehead atoms. The summed E-state index contributed by atoms with van der Waals surface area (Å²) in [6, 6.07) is 16.5. The molecule has 5 rings (SSSR count). The van der Waals surface area contributed by atoms with Gasteiger partial charge in [0.05, 0.1) is 26.3 Å². The van der Waals surface area contributed by atoms with Crippen molar-refractivity contribution >= 4 is 28.4 Å². The Morgan fingerprint density at radius 1 is 0.977 bits per heavy atom. The van der Waals surface area contributed by atoms with E-state index in [9.17, 15) is 9.59 Å². The van der Waals surface area contributed by atoms with E-state index >= 15 is 4.39 Å². The molecule has 10 nitrogen and oxygen atoms in total. The van der Waals surface area contributed by atoms with Crippen LogP contribution in [0.4, 0.5) is 10.1 Å². The van der Waals surface area contributed by atoms with Gasteiger partial charge in [0.2, 0.25) is 0 Å². The quantitative estimate of drug-likeness (QED) is 0.238. The number of benzene rings is 3. The van der Waals surface area contributed by atoms with Gasteiger partial charge in [-0.05, 0) is 80.2 Å². The van der Waals surface area contributed by atoms with E-state index in [1.807, 2.05) is 18.2 Å². The average molecular weight is 603 g/mol. The third kappa shape index (κ3) is 7.17. The minimum absolute atomic E-state index is 0.0780. The first kappa shape index (κ1) is 30.6. The predicted octanol–water partition coefficient (Wildman–Crippen LogP) is 4.62. The fourth-order valence-electron chi connectivity index (χ4n) is 5.15. The summed E-state index contributed by atoms with van der Waals surface area (Å²) in [4.78, 5) is 30.1. The predicted molar refractivity (Wildman–Crippen MR) is 164 cm³/mol. The van der Waals surface area contributed by atoms with Crippen LogP contribution in [0.2, 0.25) is 0 Å². The molecule has 2 amide bonds. The Hall–Kier alpha value is -4.90. The molecule has 0 saturated carbocycles. The molecular weight excluding hydrogens is 567 g/mol. The van der Waals surface area contributed by atoms with Crippen LogP contribution in [0.25, 0.3) is 10.9 Å². The Kier molecular flexibility index (Phi) is 9.75. The highest BCUT2D eigenvalue weighted by atomic mass is 19.1. The fourth-order valence-corrected chi connectivity index (χ4v) is 5.15. The number of amides is 2. The number of pyridine rings is 1. The number of halogens is 1. The Morgan fingerprint density at radius 3 is 2.52 bits per heavy atom. The van der Waals surface area contributed by atoms with Crippen molar-refractivity contribution in [3.05, 3.63) is 78.2 Å². The number of carbonyl (C=O) groups excluding carboxylic acids is 2. The van der Waals surface area contributed by atoms with Crippen molar-refractivity contribution in [3.63, 3.8) is 0 Å². The van der Waals surface area contributed by atoms with Gasteiger partial charge in [-0.2, -0.15) is 0 Å². The second-order valence-electron chi connectivity index (χ2n) is 10.5. The van der Waals surface area contributed by atoms with Crippen LogP contribution >= 0.6 is 0 Å². The van der Waals surface area contributed by atoms with Crippen LogP contribution in [0.1, 0.15) is 18.4 Å². The lowest BCUT2D eigenvalue weighted by molar-refractivity contribution is -0.135. The number of piperidine rings is 1. The summed E-state index contributed by atoms with van der Waals surface area (Å²) in [5.41, 5.74) is 6.93. The smallest absolute Gasteiger partial charge is 0.316 e. The van der Waals surface area contributed by atoms with Gasteiger partial charge in [0, 0.05) is 35.9 Å². The molecule has 3 aromatic carbocycles. The maximum Gasteiger partial charge on any atom is 0.316 e. The number of ether oxygens (including phenoxy) is 4. The SMILES string of the molecule is COc1cccc(CCN(C(=O)C(N)=O)c2ccc(Oc3ccnc4cc(OCC5CCNCC5)c(OC)cc34)c(F)c2)c1. The van der Waals surface area contributed by atoms with E-state index in [-0.39, 0.29) is 18.0 Å². The number of hydrogen-bond acceptors (Lipinski definition) is 8. The molecule has 44 heavy (non-hydrogen) atoms. The van der Waals surface area contributed by atoms with Crippen LogP contribution in [0.5, 0.6) is 28.7 Å². The first-order valence-electron chi connectivity index (χ1n) is 14.4. The molecule has 1 aliphatic rings. The fraction of sp³-hybridized carbons (Fsp3) is 0.303. The number of methoxy groups -OCH3 is 2. The van der Waals surface area contributed by atoms with Crippen molar-refractivity contribution in [2.24, 2.45) is 11.7 Å². The normalized spacial score (nSPS) is 13.3. The van der Waals surface area contributed by atoms with Crippen LogP contribution in [0.3, 0.4) is 0 Å². The third-order valence-corrected chi connectivity index (χ3v) is 7.58. The van der Waals surface area contributed by atoms with E-state index in [2.05, 4.69) is 10.3 Å². The van der Waals surface area contributed by atoms with Crippen LogP contribution in [-0.2, 0) is 16.0 Å². The molecule has 0 atom stereocenters. The van der Waals surface area contributed by atoms with Crippen LogP contribution in [0.15, 0.2) is 66.9 Å². The number of nitrogens with zero attached hydrogens (tertiary/aromatic N) is 2. The van der Waals surface area contributed by atoms with Gasteiger partial charge >= 0.3 is 11.8 Å². The number of anilines is 1. The van der Waals surface area contributed by atoms with Crippen molar-refractivity contribution in [2.45, 2.75) is 19.3 Å². The van der Waals surface area contributed by atoms with Crippen molar-refractivity contribution in [3.8, 4) is 28.7 Å². The van der Waals surface area contributed by atoms with E-state index in [1.165, 1.54) is 12.1 Å². The zero-order valence-corrected chi connectivity index (χ0v) is 24.7. The number of nitrogens with one attached hydrogen (secondary N) is 1.